The zero-order chi connectivity index (χ0) is 14.0. The molecule has 1 aromatic rings. The van der Waals surface area contributed by atoms with Gasteiger partial charge in [0.05, 0.1) is 11.9 Å². The molecule has 1 aromatic heterocycles. The number of hydrogen-bond donors (Lipinski definition) is 3. The van der Waals surface area contributed by atoms with E-state index in [1.165, 1.54) is 0 Å². The highest BCUT2D eigenvalue weighted by Gasteiger charge is 2.26. The first kappa shape index (κ1) is 14.5. The van der Waals surface area contributed by atoms with E-state index in [0.717, 1.165) is 30.8 Å². The maximum absolute atomic E-state index is 12.0. The Bertz CT molecular complexity index is 541. The van der Waals surface area contributed by atoms with Gasteiger partial charge in [0, 0.05) is 6.54 Å². The molecule has 108 valence electrons. The molecule has 0 bridgehead atoms. The highest BCUT2D eigenvalue weighted by atomic mass is 32.2. The number of nitrogens with two attached hydrogens (primary N) is 1. The third kappa shape index (κ3) is 3.18. The van der Waals surface area contributed by atoms with Crippen LogP contribution in [0.2, 0.25) is 0 Å². The number of nitrogens with zero attached hydrogens (tertiary/aromatic N) is 1. The fourth-order valence-electron chi connectivity index (χ4n) is 2.32. The minimum atomic E-state index is -3.36. The van der Waals surface area contributed by atoms with E-state index >= 15 is 0 Å². The van der Waals surface area contributed by atoms with Crippen molar-refractivity contribution in [3.05, 3.63) is 0 Å². The Hall–Kier alpha value is -0.860. The van der Waals surface area contributed by atoms with Gasteiger partial charge in [0.1, 0.15) is 9.90 Å². The van der Waals surface area contributed by atoms with Crippen LogP contribution in [0.4, 0.5) is 10.8 Å². The van der Waals surface area contributed by atoms with Crippen molar-refractivity contribution in [2.24, 2.45) is 5.92 Å². The second kappa shape index (κ2) is 5.64. The zero-order valence-corrected chi connectivity index (χ0v) is 12.4. The summed E-state index contributed by atoms with van der Waals surface area (Å²) in [7, 11) is -3.36. The molecule has 1 saturated carbocycles. The van der Waals surface area contributed by atoms with Crippen LogP contribution in [0.15, 0.2) is 4.90 Å². The van der Waals surface area contributed by atoms with Crippen LogP contribution in [0.1, 0.15) is 26.2 Å². The van der Waals surface area contributed by atoms with Crippen molar-refractivity contribution in [1.82, 2.24) is 4.37 Å². The molecular weight excluding hydrogens is 286 g/mol. The van der Waals surface area contributed by atoms with Gasteiger partial charge in [-0.05, 0) is 36.7 Å². The number of anilines is 2. The molecule has 19 heavy (non-hydrogen) atoms. The molecule has 1 aliphatic carbocycles. The van der Waals surface area contributed by atoms with Gasteiger partial charge in [0.2, 0.25) is 0 Å². The van der Waals surface area contributed by atoms with E-state index < -0.39 is 9.84 Å². The van der Waals surface area contributed by atoms with Gasteiger partial charge in [-0.3, -0.25) is 0 Å². The quantitative estimate of drug-likeness (QED) is 0.752. The van der Waals surface area contributed by atoms with Crippen LogP contribution < -0.4 is 11.1 Å². The second-order valence-electron chi connectivity index (χ2n) is 4.84. The molecule has 1 heterocycles. The number of aromatic nitrogens is 1. The fraction of sp³-hybridized carbons (Fsp3) is 0.727. The highest BCUT2D eigenvalue weighted by Crippen LogP contribution is 2.33. The Morgan fingerprint density at radius 2 is 2.26 bits per heavy atom. The number of sulfone groups is 1. The molecule has 0 aromatic carbocycles. The van der Waals surface area contributed by atoms with Crippen molar-refractivity contribution in [3.8, 4) is 0 Å². The molecular formula is C11H19N3O3S2. The lowest BCUT2D eigenvalue weighted by Crippen LogP contribution is -2.14. The first-order valence-electron chi connectivity index (χ1n) is 6.34. The van der Waals surface area contributed by atoms with Gasteiger partial charge in [-0.15, -0.1) is 0 Å². The number of nitrogen functional groups attached to an aromatic ring is 1. The van der Waals surface area contributed by atoms with Crippen molar-refractivity contribution in [3.63, 3.8) is 0 Å². The van der Waals surface area contributed by atoms with Crippen LogP contribution >= 0.6 is 11.5 Å². The van der Waals surface area contributed by atoms with Crippen LogP contribution in [-0.4, -0.2) is 36.3 Å². The van der Waals surface area contributed by atoms with Crippen LogP contribution in [0.3, 0.4) is 0 Å². The lowest BCUT2D eigenvalue weighted by molar-refractivity contribution is 0.178. The molecule has 2 unspecified atom stereocenters. The SMILES string of the molecule is CCS(=O)(=O)c1c(N)nsc1NCC1CCC(O)C1. The maximum Gasteiger partial charge on any atom is 0.184 e. The normalized spacial score (nSPS) is 23.7. The molecule has 0 saturated heterocycles. The summed E-state index contributed by atoms with van der Waals surface area (Å²) >= 11 is 1.07. The smallest absolute Gasteiger partial charge is 0.184 e. The van der Waals surface area contributed by atoms with E-state index in [0.29, 0.717) is 17.5 Å². The van der Waals surface area contributed by atoms with E-state index in [1.54, 1.807) is 6.92 Å². The van der Waals surface area contributed by atoms with Crippen LogP contribution in [0.25, 0.3) is 0 Å². The van der Waals surface area contributed by atoms with Crippen molar-refractivity contribution in [2.75, 3.05) is 23.3 Å². The monoisotopic (exact) mass is 305 g/mol. The Morgan fingerprint density at radius 1 is 1.53 bits per heavy atom. The molecule has 2 atom stereocenters. The first-order valence-corrected chi connectivity index (χ1v) is 8.76. The van der Waals surface area contributed by atoms with E-state index in [9.17, 15) is 13.5 Å². The van der Waals surface area contributed by atoms with Gasteiger partial charge in [0.25, 0.3) is 0 Å². The maximum atomic E-state index is 12.0. The summed E-state index contributed by atoms with van der Waals surface area (Å²) < 4.78 is 27.8. The lowest BCUT2D eigenvalue weighted by Gasteiger charge is -2.11. The minimum absolute atomic E-state index is 0.00638. The standard InChI is InChI=1S/C11H19N3O3S2/c1-2-19(16,17)9-10(12)14-18-11(9)13-6-7-3-4-8(15)5-7/h7-8,13,15H,2-6H2,1H3,(H2,12,14). The number of nitrogens with one attached hydrogen (secondary N) is 1. The van der Waals surface area contributed by atoms with Crippen molar-refractivity contribution >= 4 is 32.2 Å². The summed E-state index contributed by atoms with van der Waals surface area (Å²) in [6.45, 7) is 2.23. The van der Waals surface area contributed by atoms with E-state index in [2.05, 4.69) is 9.69 Å². The van der Waals surface area contributed by atoms with Crippen LogP contribution in [0.5, 0.6) is 0 Å². The van der Waals surface area contributed by atoms with Gasteiger partial charge in [-0.2, -0.15) is 4.37 Å². The summed E-state index contributed by atoms with van der Waals surface area (Å²) in [6.07, 6.45) is 2.31. The molecule has 4 N–H and O–H groups in total. The minimum Gasteiger partial charge on any atom is -0.393 e. The van der Waals surface area contributed by atoms with Crippen molar-refractivity contribution in [1.29, 1.82) is 0 Å². The largest absolute Gasteiger partial charge is 0.393 e. The number of aliphatic hydroxyl groups excluding tert-OH is 1. The van der Waals surface area contributed by atoms with E-state index in [1.807, 2.05) is 0 Å². The van der Waals surface area contributed by atoms with Gasteiger partial charge < -0.3 is 16.2 Å². The first-order chi connectivity index (χ1) is 8.94. The molecule has 2 rings (SSSR count). The topological polar surface area (TPSA) is 105 Å². The van der Waals surface area contributed by atoms with E-state index in [-0.39, 0.29) is 22.6 Å². The average Bonchev–Trinajstić information content (AvgIpc) is 2.93. The molecule has 0 radical (unpaired) electrons. The van der Waals surface area contributed by atoms with Crippen molar-refractivity contribution < 1.29 is 13.5 Å². The summed E-state index contributed by atoms with van der Waals surface area (Å²) in [5.41, 5.74) is 5.65. The number of aliphatic hydroxyl groups is 1. The molecule has 1 fully saturated rings. The highest BCUT2D eigenvalue weighted by molar-refractivity contribution is 7.91. The Morgan fingerprint density at radius 3 is 2.84 bits per heavy atom. The number of rotatable bonds is 5. The Labute approximate surface area is 117 Å². The average molecular weight is 305 g/mol. The summed E-state index contributed by atoms with van der Waals surface area (Å²) in [5, 5.41) is 13.1. The van der Waals surface area contributed by atoms with Gasteiger partial charge in [-0.1, -0.05) is 6.92 Å². The predicted molar refractivity (Wildman–Crippen MR) is 76.1 cm³/mol. The Kier molecular flexibility index (Phi) is 4.32. The van der Waals surface area contributed by atoms with Crippen molar-refractivity contribution in [2.45, 2.75) is 37.2 Å². The van der Waals surface area contributed by atoms with Gasteiger partial charge >= 0.3 is 0 Å². The summed E-state index contributed by atoms with van der Waals surface area (Å²) in [4.78, 5) is 0.124. The molecule has 8 heteroatoms. The third-order valence-electron chi connectivity index (χ3n) is 3.43. The zero-order valence-electron chi connectivity index (χ0n) is 10.8. The van der Waals surface area contributed by atoms with Gasteiger partial charge in [-0.25, -0.2) is 8.42 Å². The van der Waals surface area contributed by atoms with Crippen LogP contribution in [-0.2, 0) is 9.84 Å². The van der Waals surface area contributed by atoms with E-state index in [4.69, 9.17) is 5.73 Å². The Balaban J connectivity index is 2.09. The predicted octanol–water partition coefficient (Wildman–Crippen LogP) is 1.09. The lowest BCUT2D eigenvalue weighted by atomic mass is 10.1. The van der Waals surface area contributed by atoms with Crippen LogP contribution in [0, 0.1) is 5.92 Å². The summed E-state index contributed by atoms with van der Waals surface area (Å²) in [6, 6.07) is 0. The fourth-order valence-corrected chi connectivity index (χ4v) is 4.50. The molecule has 0 spiro atoms. The third-order valence-corrected chi connectivity index (χ3v) is 6.17. The van der Waals surface area contributed by atoms with Gasteiger partial charge in [0.15, 0.2) is 15.7 Å². The molecule has 1 aliphatic rings. The second-order valence-corrected chi connectivity index (χ2v) is 7.83. The molecule has 0 amide bonds. The molecule has 6 nitrogen and oxygen atoms in total. The number of hydrogen-bond acceptors (Lipinski definition) is 7. The molecule has 0 aliphatic heterocycles. The summed E-state index contributed by atoms with van der Waals surface area (Å²) in [5.74, 6) is 0.447.